The van der Waals surface area contributed by atoms with Crippen molar-refractivity contribution in [1.82, 2.24) is 9.80 Å². The number of aliphatic hydroxyl groups is 1. The largest absolute Gasteiger partial charge is 0.384 e. The van der Waals surface area contributed by atoms with Gasteiger partial charge in [0, 0.05) is 23.3 Å². The first kappa shape index (κ1) is 17.9. The van der Waals surface area contributed by atoms with Crippen LogP contribution in [-0.4, -0.2) is 72.4 Å². The lowest BCUT2D eigenvalue weighted by Gasteiger charge is -2.34. The second-order valence-electron chi connectivity index (χ2n) is 7.02. The number of rotatable bonds is 4. The second kappa shape index (κ2) is 7.52. The van der Waals surface area contributed by atoms with Gasteiger partial charge < -0.3 is 19.6 Å². The van der Waals surface area contributed by atoms with Crippen LogP contribution in [0.2, 0.25) is 0 Å². The summed E-state index contributed by atoms with van der Waals surface area (Å²) in [7, 11) is 0. The molecule has 6 heteroatoms. The summed E-state index contributed by atoms with van der Waals surface area (Å²) >= 11 is 1.63. The van der Waals surface area contributed by atoms with E-state index in [1.54, 1.807) is 16.2 Å². The zero-order chi connectivity index (χ0) is 17.2. The van der Waals surface area contributed by atoms with Crippen LogP contribution < -0.4 is 0 Å². The Morgan fingerprint density at radius 1 is 1.38 bits per heavy atom. The third-order valence-electron chi connectivity index (χ3n) is 5.05. The van der Waals surface area contributed by atoms with Crippen molar-refractivity contribution in [2.45, 2.75) is 38.7 Å². The number of amides is 1. The molecule has 1 atom stereocenters. The van der Waals surface area contributed by atoms with Crippen molar-refractivity contribution < 1.29 is 14.6 Å². The van der Waals surface area contributed by atoms with E-state index in [1.807, 2.05) is 5.38 Å². The van der Waals surface area contributed by atoms with Crippen molar-refractivity contribution in [3.63, 3.8) is 0 Å². The van der Waals surface area contributed by atoms with Gasteiger partial charge in [0.15, 0.2) is 0 Å². The van der Waals surface area contributed by atoms with Crippen LogP contribution in [0, 0.1) is 6.92 Å². The molecule has 2 saturated heterocycles. The van der Waals surface area contributed by atoms with Crippen molar-refractivity contribution in [1.29, 1.82) is 0 Å². The molecule has 3 rings (SSSR count). The highest BCUT2D eigenvalue weighted by Gasteiger charge is 2.37. The highest BCUT2D eigenvalue weighted by molar-refractivity contribution is 7.10. The van der Waals surface area contributed by atoms with Gasteiger partial charge in [-0.2, -0.15) is 0 Å². The van der Waals surface area contributed by atoms with Gasteiger partial charge in [-0.1, -0.05) is 6.92 Å². The molecule has 0 bridgehead atoms. The van der Waals surface area contributed by atoms with E-state index in [4.69, 9.17) is 4.74 Å². The van der Waals surface area contributed by atoms with Gasteiger partial charge in [0.2, 0.25) is 0 Å². The van der Waals surface area contributed by atoms with Crippen LogP contribution in [0.25, 0.3) is 0 Å². The van der Waals surface area contributed by atoms with Gasteiger partial charge in [-0.05, 0) is 44.8 Å². The van der Waals surface area contributed by atoms with E-state index in [-0.39, 0.29) is 5.91 Å². The third kappa shape index (κ3) is 3.82. The monoisotopic (exact) mass is 352 g/mol. The molecule has 5 nitrogen and oxygen atoms in total. The molecule has 1 aromatic rings. The number of nitrogens with zero attached hydrogens (tertiary/aromatic N) is 2. The van der Waals surface area contributed by atoms with Crippen LogP contribution in [-0.2, 0) is 11.2 Å². The average Bonchev–Trinajstić information content (AvgIpc) is 3.14. The smallest absolute Gasteiger partial charge is 0.255 e. The fourth-order valence-electron chi connectivity index (χ4n) is 3.81. The number of ether oxygens (including phenoxy) is 1. The molecule has 24 heavy (non-hydrogen) atoms. The predicted octanol–water partition coefficient (Wildman–Crippen LogP) is 1.92. The summed E-state index contributed by atoms with van der Waals surface area (Å²) in [4.78, 5) is 18.3. The van der Waals surface area contributed by atoms with Crippen molar-refractivity contribution >= 4 is 17.2 Å². The minimum absolute atomic E-state index is 0.0292. The molecule has 1 aromatic heterocycles. The van der Waals surface area contributed by atoms with Gasteiger partial charge >= 0.3 is 0 Å². The van der Waals surface area contributed by atoms with Gasteiger partial charge in [-0.25, -0.2) is 0 Å². The molecule has 0 radical (unpaired) electrons. The molecule has 0 aromatic carbocycles. The van der Waals surface area contributed by atoms with E-state index in [0.717, 1.165) is 30.6 Å². The summed E-state index contributed by atoms with van der Waals surface area (Å²) in [5.41, 5.74) is 0.956. The lowest BCUT2D eigenvalue weighted by molar-refractivity contribution is -0.0524. The maximum atomic E-state index is 13.0. The first-order chi connectivity index (χ1) is 11.5. The van der Waals surface area contributed by atoms with Crippen LogP contribution in [0.1, 0.15) is 40.6 Å². The SMILES string of the molecule is CCc1c(C(=O)N2CCOC[C@](O)(CN3CCCC3)C2)csc1C. The molecule has 2 aliphatic heterocycles. The first-order valence-electron chi connectivity index (χ1n) is 8.91. The molecule has 1 N–H and O–H groups in total. The Morgan fingerprint density at radius 2 is 2.12 bits per heavy atom. The fourth-order valence-corrected chi connectivity index (χ4v) is 4.75. The normalized spacial score (nSPS) is 25.9. The van der Waals surface area contributed by atoms with E-state index in [2.05, 4.69) is 18.7 Å². The number of carbonyl (C=O) groups excluding carboxylic acids is 1. The minimum Gasteiger partial charge on any atom is -0.384 e. The maximum Gasteiger partial charge on any atom is 0.255 e. The van der Waals surface area contributed by atoms with Crippen molar-refractivity contribution in [3.8, 4) is 0 Å². The Bertz CT molecular complexity index is 583. The summed E-state index contributed by atoms with van der Waals surface area (Å²) in [5.74, 6) is 0.0292. The number of carbonyl (C=O) groups is 1. The van der Waals surface area contributed by atoms with E-state index in [9.17, 15) is 9.90 Å². The number of thiophene rings is 1. The molecule has 0 saturated carbocycles. The standard InChI is InChI=1S/C18H28N2O3S/c1-3-15-14(2)24-10-16(15)17(21)20-8-9-23-13-18(22,12-20)11-19-6-4-5-7-19/h10,22H,3-9,11-13H2,1-2H3/t18-/m0/s1. The van der Waals surface area contributed by atoms with Gasteiger partial charge in [0.1, 0.15) is 5.60 Å². The average molecular weight is 353 g/mol. The van der Waals surface area contributed by atoms with Gasteiger partial charge in [-0.15, -0.1) is 11.3 Å². The predicted molar refractivity (Wildman–Crippen MR) is 95.8 cm³/mol. The summed E-state index contributed by atoms with van der Waals surface area (Å²) in [6.07, 6.45) is 3.24. The van der Waals surface area contributed by atoms with Gasteiger partial charge in [0.05, 0.1) is 25.3 Å². The van der Waals surface area contributed by atoms with Crippen LogP contribution in [0.3, 0.4) is 0 Å². The maximum absolute atomic E-state index is 13.0. The summed E-state index contributed by atoms with van der Waals surface area (Å²) in [5, 5.41) is 13.0. The Kier molecular flexibility index (Phi) is 5.59. The molecular formula is C18H28N2O3S. The Morgan fingerprint density at radius 3 is 2.83 bits per heavy atom. The van der Waals surface area contributed by atoms with Crippen LogP contribution in [0.15, 0.2) is 5.38 Å². The molecule has 0 aliphatic carbocycles. The zero-order valence-corrected chi connectivity index (χ0v) is 15.5. The molecule has 0 spiro atoms. The number of hydrogen-bond donors (Lipinski definition) is 1. The Balaban J connectivity index is 1.75. The summed E-state index contributed by atoms with van der Waals surface area (Å²) < 4.78 is 5.63. The van der Waals surface area contributed by atoms with Crippen molar-refractivity contribution in [3.05, 3.63) is 21.4 Å². The molecule has 3 heterocycles. The van der Waals surface area contributed by atoms with Gasteiger partial charge in [-0.3, -0.25) is 4.79 Å². The van der Waals surface area contributed by atoms with E-state index in [1.165, 1.54) is 17.7 Å². The number of aryl methyl sites for hydroxylation is 1. The number of β-amino-alcohol motifs (C(OH)–C–C–N with tert-alkyl or cyclic N) is 1. The minimum atomic E-state index is -0.978. The van der Waals surface area contributed by atoms with Gasteiger partial charge in [0.25, 0.3) is 5.91 Å². The molecule has 0 unspecified atom stereocenters. The fraction of sp³-hybridized carbons (Fsp3) is 0.722. The molecular weight excluding hydrogens is 324 g/mol. The lowest BCUT2D eigenvalue weighted by Crippen LogP contribution is -2.53. The molecule has 1 amide bonds. The van der Waals surface area contributed by atoms with Crippen LogP contribution in [0.4, 0.5) is 0 Å². The summed E-state index contributed by atoms with van der Waals surface area (Å²) in [6.45, 7) is 8.46. The second-order valence-corrected chi connectivity index (χ2v) is 8.11. The zero-order valence-electron chi connectivity index (χ0n) is 14.7. The quantitative estimate of drug-likeness (QED) is 0.899. The topological polar surface area (TPSA) is 53.0 Å². The third-order valence-corrected chi connectivity index (χ3v) is 6.01. The Hall–Kier alpha value is -0.950. The van der Waals surface area contributed by atoms with Crippen LogP contribution >= 0.6 is 11.3 Å². The highest BCUT2D eigenvalue weighted by atomic mass is 32.1. The molecule has 2 aliphatic rings. The molecule has 134 valence electrons. The lowest BCUT2D eigenvalue weighted by atomic mass is 10.0. The Labute approximate surface area is 148 Å². The van der Waals surface area contributed by atoms with E-state index in [0.29, 0.717) is 32.8 Å². The summed E-state index contributed by atoms with van der Waals surface area (Å²) in [6, 6.07) is 0. The number of hydrogen-bond acceptors (Lipinski definition) is 5. The highest BCUT2D eigenvalue weighted by Crippen LogP contribution is 2.25. The number of likely N-dealkylation sites (tertiary alicyclic amines) is 1. The van der Waals surface area contributed by atoms with Crippen molar-refractivity contribution in [2.75, 3.05) is 45.9 Å². The first-order valence-corrected chi connectivity index (χ1v) is 9.79. The van der Waals surface area contributed by atoms with E-state index < -0.39 is 5.60 Å². The van der Waals surface area contributed by atoms with Crippen molar-refractivity contribution in [2.24, 2.45) is 0 Å². The van der Waals surface area contributed by atoms with E-state index >= 15 is 0 Å². The molecule has 2 fully saturated rings. The van der Waals surface area contributed by atoms with Crippen LogP contribution in [0.5, 0.6) is 0 Å².